The highest BCUT2D eigenvalue weighted by Crippen LogP contribution is 2.25. The summed E-state index contributed by atoms with van der Waals surface area (Å²) in [5.74, 6) is 0.245. The minimum atomic E-state index is -0.461. The van der Waals surface area contributed by atoms with Crippen LogP contribution < -0.4 is 10.6 Å². The number of aromatic nitrogens is 3. The Bertz CT molecular complexity index is 468. The number of aryl methyl sites for hydroxylation is 2. The Kier molecular flexibility index (Phi) is 4.09. The van der Waals surface area contributed by atoms with Crippen LogP contribution in [0.5, 0.6) is 0 Å². The lowest BCUT2D eigenvalue weighted by atomic mass is 9.91. The van der Waals surface area contributed by atoms with Gasteiger partial charge in [-0.1, -0.05) is 13.3 Å². The number of anilines is 1. The Balaban J connectivity index is 2.12. The maximum Gasteiger partial charge on any atom is 0.249 e. The fourth-order valence-corrected chi connectivity index (χ4v) is 2.48. The van der Waals surface area contributed by atoms with Crippen molar-refractivity contribution in [3.05, 3.63) is 11.4 Å². The SMILES string of the molecule is CCCC1(C(=O)Nc2nnc(C)c(C)n2)CCCN1. The van der Waals surface area contributed by atoms with Crippen LogP contribution in [-0.4, -0.2) is 33.2 Å². The monoisotopic (exact) mass is 263 g/mol. The number of amides is 1. The molecule has 1 atom stereocenters. The van der Waals surface area contributed by atoms with Crippen LogP contribution in [0.4, 0.5) is 5.95 Å². The normalized spacial score (nSPS) is 22.5. The van der Waals surface area contributed by atoms with Crippen LogP contribution in [0.3, 0.4) is 0 Å². The van der Waals surface area contributed by atoms with Crippen LogP contribution in [-0.2, 0) is 4.79 Å². The summed E-state index contributed by atoms with van der Waals surface area (Å²) < 4.78 is 0. The molecule has 0 bridgehead atoms. The fraction of sp³-hybridized carbons (Fsp3) is 0.692. The van der Waals surface area contributed by atoms with Crippen molar-refractivity contribution < 1.29 is 4.79 Å². The molecule has 1 saturated heterocycles. The lowest BCUT2D eigenvalue weighted by molar-refractivity contribution is -0.122. The molecule has 0 aromatic carbocycles. The number of nitrogens with zero attached hydrogens (tertiary/aromatic N) is 3. The average molecular weight is 263 g/mol. The molecule has 2 N–H and O–H groups in total. The molecule has 1 fully saturated rings. The van der Waals surface area contributed by atoms with Gasteiger partial charge in [0, 0.05) is 0 Å². The first-order chi connectivity index (χ1) is 9.07. The molecule has 6 heteroatoms. The molecule has 1 aromatic heterocycles. The Morgan fingerprint density at radius 2 is 2.16 bits per heavy atom. The number of hydrogen-bond donors (Lipinski definition) is 2. The molecule has 1 amide bonds. The molecule has 104 valence electrons. The van der Waals surface area contributed by atoms with Gasteiger partial charge in [0.1, 0.15) is 0 Å². The van der Waals surface area contributed by atoms with E-state index in [1.165, 1.54) is 0 Å². The quantitative estimate of drug-likeness (QED) is 0.857. The zero-order valence-corrected chi connectivity index (χ0v) is 11.8. The third kappa shape index (κ3) is 2.89. The molecule has 19 heavy (non-hydrogen) atoms. The van der Waals surface area contributed by atoms with Gasteiger partial charge in [-0.05, 0) is 39.7 Å². The summed E-state index contributed by atoms with van der Waals surface area (Å²) in [4.78, 5) is 16.7. The van der Waals surface area contributed by atoms with Crippen molar-refractivity contribution >= 4 is 11.9 Å². The molecule has 2 rings (SSSR count). The lowest BCUT2D eigenvalue weighted by Gasteiger charge is -2.27. The van der Waals surface area contributed by atoms with E-state index in [4.69, 9.17) is 0 Å². The summed E-state index contributed by atoms with van der Waals surface area (Å²) >= 11 is 0. The second-order valence-electron chi connectivity index (χ2n) is 5.12. The first kappa shape index (κ1) is 13.9. The molecule has 1 aromatic rings. The zero-order valence-electron chi connectivity index (χ0n) is 11.8. The van der Waals surface area contributed by atoms with Gasteiger partial charge in [0.05, 0.1) is 16.9 Å². The molecular formula is C13H21N5O. The van der Waals surface area contributed by atoms with E-state index in [1.807, 2.05) is 13.8 Å². The highest BCUT2D eigenvalue weighted by molar-refractivity contribution is 5.97. The molecule has 1 unspecified atom stereocenters. The van der Waals surface area contributed by atoms with Crippen molar-refractivity contribution in [2.45, 2.75) is 52.0 Å². The van der Waals surface area contributed by atoms with Gasteiger partial charge in [-0.2, -0.15) is 5.10 Å². The molecule has 1 aliphatic rings. The van der Waals surface area contributed by atoms with Crippen LogP contribution in [0.25, 0.3) is 0 Å². The first-order valence-electron chi connectivity index (χ1n) is 6.82. The Morgan fingerprint density at radius 1 is 1.37 bits per heavy atom. The summed E-state index contributed by atoms with van der Waals surface area (Å²) in [7, 11) is 0. The minimum Gasteiger partial charge on any atom is -0.303 e. The van der Waals surface area contributed by atoms with E-state index in [0.29, 0.717) is 0 Å². The fourth-order valence-electron chi connectivity index (χ4n) is 2.48. The molecule has 0 saturated carbocycles. The summed E-state index contributed by atoms with van der Waals surface area (Å²) in [6, 6.07) is 0. The topological polar surface area (TPSA) is 79.8 Å². The smallest absolute Gasteiger partial charge is 0.249 e. The van der Waals surface area contributed by atoms with Crippen molar-refractivity contribution in [3.8, 4) is 0 Å². The van der Waals surface area contributed by atoms with Gasteiger partial charge in [0.25, 0.3) is 0 Å². The van der Waals surface area contributed by atoms with E-state index in [9.17, 15) is 4.79 Å². The van der Waals surface area contributed by atoms with E-state index >= 15 is 0 Å². The van der Waals surface area contributed by atoms with Crippen molar-refractivity contribution in [3.63, 3.8) is 0 Å². The number of hydrogen-bond acceptors (Lipinski definition) is 5. The summed E-state index contributed by atoms with van der Waals surface area (Å²) in [5, 5.41) is 14.0. The van der Waals surface area contributed by atoms with E-state index < -0.39 is 5.54 Å². The third-order valence-corrected chi connectivity index (χ3v) is 3.67. The standard InChI is InChI=1S/C13H21N5O/c1-4-6-13(7-5-8-14-13)11(19)16-12-15-9(2)10(3)17-18-12/h14H,4-8H2,1-3H3,(H,15,16,18,19). The molecule has 2 heterocycles. The van der Waals surface area contributed by atoms with E-state index in [1.54, 1.807) is 0 Å². The van der Waals surface area contributed by atoms with E-state index in [2.05, 4.69) is 32.7 Å². The molecular weight excluding hydrogens is 242 g/mol. The molecule has 0 aliphatic carbocycles. The van der Waals surface area contributed by atoms with Gasteiger partial charge in [-0.3, -0.25) is 10.1 Å². The maximum absolute atomic E-state index is 12.4. The van der Waals surface area contributed by atoms with Crippen LogP contribution in [0, 0.1) is 13.8 Å². The Labute approximate surface area is 113 Å². The molecule has 1 aliphatic heterocycles. The highest BCUT2D eigenvalue weighted by atomic mass is 16.2. The zero-order chi connectivity index (χ0) is 13.9. The predicted molar refractivity (Wildman–Crippen MR) is 72.8 cm³/mol. The summed E-state index contributed by atoms with van der Waals surface area (Å²) in [6.07, 6.45) is 3.69. The van der Waals surface area contributed by atoms with Gasteiger partial charge in [0.2, 0.25) is 11.9 Å². The Hall–Kier alpha value is -1.56. The molecule has 6 nitrogen and oxygen atoms in total. The second-order valence-corrected chi connectivity index (χ2v) is 5.12. The third-order valence-electron chi connectivity index (χ3n) is 3.67. The van der Waals surface area contributed by atoms with Crippen LogP contribution in [0.15, 0.2) is 0 Å². The van der Waals surface area contributed by atoms with Crippen molar-refractivity contribution in [2.24, 2.45) is 0 Å². The van der Waals surface area contributed by atoms with E-state index in [-0.39, 0.29) is 11.9 Å². The van der Waals surface area contributed by atoms with Gasteiger partial charge in [-0.15, -0.1) is 5.10 Å². The number of carbonyl (C=O) groups excluding carboxylic acids is 1. The number of nitrogens with one attached hydrogen (secondary N) is 2. The first-order valence-corrected chi connectivity index (χ1v) is 6.82. The van der Waals surface area contributed by atoms with Gasteiger partial charge in [0.15, 0.2) is 0 Å². The summed E-state index contributed by atoms with van der Waals surface area (Å²) in [5.41, 5.74) is 1.10. The predicted octanol–water partition coefficient (Wildman–Crippen LogP) is 1.35. The van der Waals surface area contributed by atoms with Crippen LogP contribution >= 0.6 is 0 Å². The van der Waals surface area contributed by atoms with Crippen LogP contribution in [0.1, 0.15) is 44.0 Å². The van der Waals surface area contributed by atoms with Crippen molar-refractivity contribution in [1.29, 1.82) is 0 Å². The average Bonchev–Trinajstić information content (AvgIpc) is 2.84. The number of rotatable bonds is 4. The van der Waals surface area contributed by atoms with Crippen LogP contribution in [0.2, 0.25) is 0 Å². The van der Waals surface area contributed by atoms with Crippen molar-refractivity contribution in [1.82, 2.24) is 20.5 Å². The van der Waals surface area contributed by atoms with Gasteiger partial charge >= 0.3 is 0 Å². The number of carbonyl (C=O) groups is 1. The van der Waals surface area contributed by atoms with Crippen molar-refractivity contribution in [2.75, 3.05) is 11.9 Å². The maximum atomic E-state index is 12.4. The Morgan fingerprint density at radius 3 is 2.74 bits per heavy atom. The van der Waals surface area contributed by atoms with Gasteiger partial charge < -0.3 is 5.32 Å². The minimum absolute atomic E-state index is 0.0445. The van der Waals surface area contributed by atoms with Gasteiger partial charge in [-0.25, -0.2) is 4.98 Å². The molecule has 0 spiro atoms. The second kappa shape index (κ2) is 5.61. The highest BCUT2D eigenvalue weighted by Gasteiger charge is 2.40. The van der Waals surface area contributed by atoms with E-state index in [0.717, 1.165) is 43.6 Å². The molecule has 0 radical (unpaired) electrons. The summed E-state index contributed by atoms with van der Waals surface area (Å²) in [6.45, 7) is 6.68. The largest absolute Gasteiger partial charge is 0.303 e. The lowest BCUT2D eigenvalue weighted by Crippen LogP contribution is -2.50.